The first-order valence-electron chi connectivity index (χ1n) is 31.5. The van der Waals surface area contributed by atoms with Gasteiger partial charge < -0.3 is 37.3 Å². The zero-order chi connectivity index (χ0) is 71.4. The molecular weight excluding hydrogens is 1360 g/mol. The van der Waals surface area contributed by atoms with Crippen molar-refractivity contribution in [2.45, 2.75) is 77.2 Å². The van der Waals surface area contributed by atoms with Crippen LogP contribution < -0.4 is 48.5 Å². The van der Waals surface area contributed by atoms with Crippen molar-refractivity contribution in [1.29, 1.82) is 0 Å². The molecule has 0 N–H and O–H groups in total. The molecule has 4 heterocycles. The van der Waals surface area contributed by atoms with Gasteiger partial charge in [-0.15, -0.1) is 22.7 Å². The van der Waals surface area contributed by atoms with Gasteiger partial charge in [0.2, 0.25) is 0 Å². The van der Waals surface area contributed by atoms with E-state index in [2.05, 4.69) is 100 Å². The number of carbonyl (C=O) groups excluding carboxylic acids is 2. The summed E-state index contributed by atoms with van der Waals surface area (Å²) in [5.41, 5.74) is 0.786. The number of thiophene rings is 2. The third-order valence-corrected chi connectivity index (χ3v) is 29.1. The van der Waals surface area contributed by atoms with Gasteiger partial charge in [-0.25, -0.2) is 19.6 Å². The molecule has 0 radical (unpaired) electrons. The van der Waals surface area contributed by atoms with Gasteiger partial charge in [-0.1, -0.05) is 199 Å². The van der Waals surface area contributed by atoms with Crippen molar-refractivity contribution in [3.8, 4) is 44.5 Å². The van der Waals surface area contributed by atoms with Crippen molar-refractivity contribution in [1.82, 2.24) is 19.1 Å². The molecule has 0 saturated heterocycles. The Morgan fingerprint density at radius 3 is 1.05 bits per heavy atom. The standard InChI is InChI=1S/2C38H35F3N2O5SSi/c1-37(2,3)50(26-15-8-6-9-16-26,27-17-10-7-11-18-27)48-32-20-29-30(21-31(32)45-4)43(24-42-29)34-22-33(35(49-34)36(44)46-5)47-23-25-14-12-13-19-28(25)38(39,40)41;1-37(2,3)50(26-15-8-6-9-16-26,27-17-10-7-11-18-27)48-32-21-30-29(20-31(32)45-4)42-24-43(30)34-22-33(35(49-34)36(44)46-5)47-23-25-14-12-13-19-28(25)38(39,40)41/h2*6-22,24H,23H2,1-5H3. The summed E-state index contributed by atoms with van der Waals surface area (Å²) in [4.78, 5) is 35.1. The zero-order valence-corrected chi connectivity index (χ0v) is 59.8. The number of aromatic nitrogens is 4. The summed E-state index contributed by atoms with van der Waals surface area (Å²) in [5, 5.41) is 4.83. The largest absolute Gasteiger partial charge is 0.531 e. The Kier molecular flexibility index (Phi) is 20.6. The van der Waals surface area contributed by atoms with Crippen LogP contribution in [0.1, 0.15) is 83.1 Å². The number of hydrogen-bond acceptors (Lipinski definition) is 14. The van der Waals surface area contributed by atoms with E-state index >= 15 is 0 Å². The first-order valence-corrected chi connectivity index (χ1v) is 36.9. The van der Waals surface area contributed by atoms with Crippen LogP contribution in [0.25, 0.3) is 32.1 Å². The van der Waals surface area contributed by atoms with Crippen molar-refractivity contribution in [3.63, 3.8) is 0 Å². The van der Waals surface area contributed by atoms with Gasteiger partial charge in [0, 0.05) is 47.5 Å². The second-order valence-corrected chi connectivity index (χ2v) is 35.7. The summed E-state index contributed by atoms with van der Waals surface area (Å²) < 4.78 is 134. The first-order chi connectivity index (χ1) is 47.7. The molecule has 0 aliphatic carbocycles. The molecule has 12 rings (SSSR count). The summed E-state index contributed by atoms with van der Waals surface area (Å²) in [6.45, 7) is 12.3. The summed E-state index contributed by atoms with van der Waals surface area (Å²) >= 11 is 2.15. The number of carbonyl (C=O) groups is 2. The third-order valence-electron chi connectivity index (χ3n) is 17.0. The number of halogens is 6. The van der Waals surface area contributed by atoms with Gasteiger partial charge in [-0.05, 0) is 43.0 Å². The van der Waals surface area contributed by atoms with Crippen molar-refractivity contribution in [2.24, 2.45) is 0 Å². The highest BCUT2D eigenvalue weighted by Crippen LogP contribution is 2.46. The lowest BCUT2D eigenvalue weighted by Crippen LogP contribution is -2.68. The lowest BCUT2D eigenvalue weighted by molar-refractivity contribution is -0.139. The Balaban J connectivity index is 0.000000202. The molecule has 0 bridgehead atoms. The number of fused-ring (bicyclic) bond motifs is 2. The lowest BCUT2D eigenvalue weighted by Gasteiger charge is -2.43. The SMILES string of the molecule is COC(=O)c1sc(-n2cnc3cc(OC)c(O[Si](c4ccccc4)(c4ccccc4)C(C)(C)C)cc32)cc1OCc1ccccc1C(F)(F)F.COC(=O)c1sc(-n2cnc3cc(O[Si](c4ccccc4)(c4ccccc4)C(C)(C)C)c(OC)cc32)cc1OCc1ccccc1C(F)(F)F. The molecule has 12 aromatic rings. The molecule has 0 unspecified atom stereocenters. The van der Waals surface area contributed by atoms with Crippen molar-refractivity contribution < 1.29 is 73.2 Å². The molecule has 14 nitrogen and oxygen atoms in total. The first kappa shape index (κ1) is 71.1. The van der Waals surface area contributed by atoms with Crippen LogP contribution in [0.5, 0.6) is 34.5 Å². The highest BCUT2D eigenvalue weighted by Gasteiger charge is 2.54. The van der Waals surface area contributed by atoms with E-state index in [9.17, 15) is 35.9 Å². The maximum atomic E-state index is 13.7. The number of imidazole rings is 2. The minimum atomic E-state index is -4.56. The van der Waals surface area contributed by atoms with Gasteiger partial charge >= 0.3 is 40.9 Å². The van der Waals surface area contributed by atoms with Gasteiger partial charge in [-0.3, -0.25) is 9.13 Å². The Hall–Kier alpha value is -10.1. The van der Waals surface area contributed by atoms with E-state index in [4.69, 9.17) is 37.3 Å². The van der Waals surface area contributed by atoms with Gasteiger partial charge in [0.15, 0.2) is 21.3 Å². The predicted molar refractivity (Wildman–Crippen MR) is 382 cm³/mol. The number of nitrogens with zero attached hydrogens (tertiary/aromatic N) is 4. The summed E-state index contributed by atoms with van der Waals surface area (Å²) in [6.07, 6.45) is -5.91. The smallest absolute Gasteiger partial charge is 0.416 e. The van der Waals surface area contributed by atoms with E-state index < -0.39 is 65.3 Å². The minimum absolute atomic E-state index is 0.0604. The molecule has 100 heavy (non-hydrogen) atoms. The molecule has 516 valence electrons. The van der Waals surface area contributed by atoms with E-state index in [-0.39, 0.29) is 42.5 Å². The maximum Gasteiger partial charge on any atom is 0.416 e. The van der Waals surface area contributed by atoms with Crippen LogP contribution in [0.4, 0.5) is 26.3 Å². The van der Waals surface area contributed by atoms with E-state index in [1.807, 2.05) is 91.0 Å². The Labute approximate surface area is 584 Å². The molecule has 4 aromatic heterocycles. The fourth-order valence-electron chi connectivity index (χ4n) is 12.3. The maximum absolute atomic E-state index is 13.7. The van der Waals surface area contributed by atoms with E-state index in [0.717, 1.165) is 55.6 Å². The summed E-state index contributed by atoms with van der Waals surface area (Å²) in [6, 6.07) is 61.8. The van der Waals surface area contributed by atoms with Crippen molar-refractivity contribution >= 4 is 94.1 Å². The summed E-state index contributed by atoms with van der Waals surface area (Å²) in [5.74, 6) is 0.865. The molecule has 0 amide bonds. The fraction of sp³-hybridized carbons (Fsp3) is 0.211. The predicted octanol–water partition coefficient (Wildman–Crippen LogP) is 16.8. The minimum Gasteiger partial charge on any atom is -0.531 e. The van der Waals surface area contributed by atoms with Crippen LogP contribution in [0, 0.1) is 0 Å². The Bertz CT molecular complexity index is 4780. The molecule has 0 spiro atoms. The van der Waals surface area contributed by atoms with E-state index in [1.54, 1.807) is 54.2 Å². The van der Waals surface area contributed by atoms with Gasteiger partial charge in [0.25, 0.3) is 0 Å². The van der Waals surface area contributed by atoms with Crippen LogP contribution in [0.3, 0.4) is 0 Å². The highest BCUT2D eigenvalue weighted by molar-refractivity contribution is 7.17. The van der Waals surface area contributed by atoms with E-state index in [0.29, 0.717) is 55.1 Å². The normalized spacial score (nSPS) is 12.2. The topological polar surface area (TPSA) is 144 Å². The highest BCUT2D eigenvalue weighted by atomic mass is 32.1. The van der Waals surface area contributed by atoms with Crippen molar-refractivity contribution in [2.75, 3.05) is 28.4 Å². The number of alkyl halides is 6. The zero-order valence-electron chi connectivity index (χ0n) is 56.2. The molecule has 0 aliphatic rings. The fourth-order valence-corrected chi connectivity index (χ4v) is 23.1. The van der Waals surface area contributed by atoms with Gasteiger partial charge in [0.1, 0.15) is 58.9 Å². The average molecular weight is 1430 g/mol. The van der Waals surface area contributed by atoms with Crippen LogP contribution in [-0.4, -0.2) is 76.1 Å². The van der Waals surface area contributed by atoms with Gasteiger partial charge in [0.05, 0.1) is 61.6 Å². The van der Waals surface area contributed by atoms with E-state index in [1.165, 1.54) is 50.6 Å². The molecule has 0 aliphatic heterocycles. The van der Waals surface area contributed by atoms with Crippen molar-refractivity contribution in [3.05, 3.63) is 251 Å². The molecular formula is C76H70F6N4O10S2Si2. The Morgan fingerprint density at radius 1 is 0.410 bits per heavy atom. The molecule has 0 atom stereocenters. The number of rotatable bonds is 20. The molecule has 0 saturated carbocycles. The van der Waals surface area contributed by atoms with Crippen LogP contribution in [-0.2, 0) is 35.0 Å². The quantitative estimate of drug-likeness (QED) is 0.0407. The number of benzene rings is 8. The second-order valence-electron chi connectivity index (χ2n) is 25.2. The molecule has 24 heteroatoms. The average Bonchev–Trinajstić information content (AvgIpc) is 0.793. The number of methoxy groups -OCH3 is 4. The second kappa shape index (κ2) is 29.0. The van der Waals surface area contributed by atoms with Crippen LogP contribution in [0.2, 0.25) is 10.1 Å². The van der Waals surface area contributed by atoms with Gasteiger partial charge in [-0.2, -0.15) is 26.3 Å². The monoisotopic (exact) mass is 1430 g/mol. The van der Waals surface area contributed by atoms with Crippen LogP contribution >= 0.6 is 22.7 Å². The third kappa shape index (κ3) is 14.2. The number of ether oxygens (including phenoxy) is 6. The number of hydrogen-bond donors (Lipinski definition) is 0. The van der Waals surface area contributed by atoms with Crippen LogP contribution in [0.15, 0.2) is 219 Å². The molecule has 8 aromatic carbocycles. The Morgan fingerprint density at radius 2 is 0.720 bits per heavy atom. The lowest BCUT2D eigenvalue weighted by atomic mass is 10.1. The molecule has 0 fully saturated rings. The number of esters is 2. The summed E-state index contributed by atoms with van der Waals surface area (Å²) in [7, 11) is -0.441.